The Balaban J connectivity index is 2.92. The average molecular weight is 287 g/mol. The molecule has 1 unspecified atom stereocenters. The molecule has 0 aromatic carbocycles. The van der Waals surface area contributed by atoms with Crippen LogP contribution in [-0.4, -0.2) is 47.9 Å². The Bertz CT molecular complexity index is 404. The van der Waals surface area contributed by atoms with Crippen LogP contribution in [0.1, 0.15) is 33.6 Å². The molecule has 20 heavy (non-hydrogen) atoms. The maximum Gasteiger partial charge on any atom is 0.411 e. The fourth-order valence-electron chi connectivity index (χ4n) is 2.20. The first-order valence-electron chi connectivity index (χ1n) is 6.49. The molecular weight excluding hydrogens is 265 g/mol. The molecule has 1 rings (SSSR count). The molecule has 1 saturated heterocycles. The van der Waals surface area contributed by atoms with E-state index in [4.69, 9.17) is 4.74 Å². The van der Waals surface area contributed by atoms with Crippen LogP contribution in [-0.2, 0) is 14.3 Å². The van der Waals surface area contributed by atoms with Gasteiger partial charge in [0.1, 0.15) is 17.3 Å². The summed E-state index contributed by atoms with van der Waals surface area (Å²) in [4.78, 5) is 24.9. The summed E-state index contributed by atoms with van der Waals surface area (Å²) in [5.41, 5.74) is -2.38. The van der Waals surface area contributed by atoms with Crippen LogP contribution < -0.4 is 0 Å². The largest absolute Gasteiger partial charge is 0.467 e. The van der Waals surface area contributed by atoms with Gasteiger partial charge < -0.3 is 9.47 Å². The predicted octanol–water partition coefficient (Wildman–Crippen LogP) is 2.45. The number of amides is 1. The summed E-state index contributed by atoms with van der Waals surface area (Å²) in [7, 11) is 1.21. The number of ether oxygens (including phenoxy) is 2. The zero-order valence-electron chi connectivity index (χ0n) is 12.4. The maximum atomic E-state index is 14.6. The van der Waals surface area contributed by atoms with Crippen LogP contribution in [0.2, 0.25) is 0 Å². The van der Waals surface area contributed by atoms with E-state index in [1.165, 1.54) is 13.2 Å². The van der Waals surface area contributed by atoms with Crippen LogP contribution in [0.5, 0.6) is 0 Å². The third kappa shape index (κ3) is 3.95. The molecule has 114 valence electrons. The summed E-state index contributed by atoms with van der Waals surface area (Å²) in [6.07, 6.45) is 0.689. The third-order valence-electron chi connectivity index (χ3n) is 3.00. The Morgan fingerprint density at radius 2 is 2.10 bits per heavy atom. The van der Waals surface area contributed by atoms with Crippen LogP contribution in [0.4, 0.5) is 9.18 Å². The Labute approximate surface area is 118 Å². The first-order valence-corrected chi connectivity index (χ1v) is 6.49. The first kappa shape index (κ1) is 16.5. The van der Waals surface area contributed by atoms with E-state index in [9.17, 15) is 14.0 Å². The van der Waals surface area contributed by atoms with Crippen molar-refractivity contribution in [2.45, 2.75) is 50.9 Å². The van der Waals surface area contributed by atoms with Gasteiger partial charge in [-0.1, -0.05) is 6.08 Å². The quantitative estimate of drug-likeness (QED) is 0.591. The second-order valence-electron chi connectivity index (χ2n) is 6.00. The summed E-state index contributed by atoms with van der Waals surface area (Å²) in [5.74, 6) is -0.639. The standard InChI is InChI=1S/C14H22FNO4/c1-6-7-14(15)8-10(11(17)19-5)16(9-14)12(18)20-13(2,3)4/h6,10H,1,7-9H2,2-5H3/t10-,14?/m0/s1. The van der Waals surface area contributed by atoms with E-state index in [1.807, 2.05) is 0 Å². The smallest absolute Gasteiger partial charge is 0.411 e. The van der Waals surface area contributed by atoms with Gasteiger partial charge in [-0.15, -0.1) is 6.58 Å². The Hall–Kier alpha value is -1.59. The highest BCUT2D eigenvalue weighted by atomic mass is 19.1. The normalized spacial score (nSPS) is 26.2. The molecule has 0 aliphatic carbocycles. The van der Waals surface area contributed by atoms with Gasteiger partial charge in [0.25, 0.3) is 0 Å². The molecule has 0 spiro atoms. The summed E-state index contributed by atoms with van der Waals surface area (Å²) in [6.45, 7) is 8.42. The van der Waals surface area contributed by atoms with Gasteiger partial charge in [0, 0.05) is 12.8 Å². The number of carbonyl (C=O) groups is 2. The zero-order valence-corrected chi connectivity index (χ0v) is 12.4. The van der Waals surface area contributed by atoms with Crippen LogP contribution in [0.25, 0.3) is 0 Å². The van der Waals surface area contributed by atoms with Crippen LogP contribution >= 0.6 is 0 Å². The van der Waals surface area contributed by atoms with E-state index in [0.29, 0.717) is 0 Å². The fourth-order valence-corrected chi connectivity index (χ4v) is 2.20. The molecule has 0 aromatic heterocycles. The molecule has 1 heterocycles. The summed E-state index contributed by atoms with van der Waals surface area (Å²) >= 11 is 0. The minimum absolute atomic E-state index is 0.0692. The molecule has 0 radical (unpaired) electrons. The number of esters is 1. The van der Waals surface area contributed by atoms with Crippen molar-refractivity contribution in [3.8, 4) is 0 Å². The van der Waals surface area contributed by atoms with Crippen molar-refractivity contribution < 1.29 is 23.5 Å². The lowest BCUT2D eigenvalue weighted by atomic mass is 9.98. The van der Waals surface area contributed by atoms with Gasteiger partial charge in [0.2, 0.25) is 0 Å². The minimum Gasteiger partial charge on any atom is -0.467 e. The molecule has 0 saturated carbocycles. The molecule has 1 aliphatic rings. The Morgan fingerprint density at radius 1 is 1.50 bits per heavy atom. The number of likely N-dealkylation sites (tertiary alicyclic amines) is 1. The number of allylic oxidation sites excluding steroid dienone is 1. The van der Waals surface area contributed by atoms with Crippen LogP contribution in [0.3, 0.4) is 0 Å². The minimum atomic E-state index is -1.67. The highest BCUT2D eigenvalue weighted by molar-refractivity contribution is 5.82. The topological polar surface area (TPSA) is 55.8 Å². The number of rotatable bonds is 3. The Morgan fingerprint density at radius 3 is 2.55 bits per heavy atom. The van der Waals surface area contributed by atoms with Crippen molar-refractivity contribution in [1.82, 2.24) is 4.90 Å². The SMILES string of the molecule is C=CCC1(F)C[C@@H](C(=O)OC)N(C(=O)OC(C)(C)C)C1. The van der Waals surface area contributed by atoms with Crippen LogP contribution in [0.15, 0.2) is 12.7 Å². The number of hydrogen-bond acceptors (Lipinski definition) is 4. The monoisotopic (exact) mass is 287 g/mol. The van der Waals surface area contributed by atoms with E-state index in [1.54, 1.807) is 20.8 Å². The molecule has 0 aromatic rings. The van der Waals surface area contributed by atoms with Crippen molar-refractivity contribution in [1.29, 1.82) is 0 Å². The van der Waals surface area contributed by atoms with Gasteiger partial charge in [-0.2, -0.15) is 0 Å². The highest BCUT2D eigenvalue weighted by Crippen LogP contribution is 2.35. The number of hydrogen-bond donors (Lipinski definition) is 0. The lowest BCUT2D eigenvalue weighted by molar-refractivity contribution is -0.145. The second kappa shape index (κ2) is 5.81. The maximum absolute atomic E-state index is 14.6. The zero-order chi connectivity index (χ0) is 15.6. The molecule has 2 atom stereocenters. The van der Waals surface area contributed by atoms with Crippen molar-refractivity contribution in [2.75, 3.05) is 13.7 Å². The van der Waals surface area contributed by atoms with Gasteiger partial charge in [0.05, 0.1) is 13.7 Å². The van der Waals surface area contributed by atoms with Crippen LogP contribution in [0, 0.1) is 0 Å². The third-order valence-corrected chi connectivity index (χ3v) is 3.00. The summed E-state index contributed by atoms with van der Waals surface area (Å²) < 4.78 is 24.4. The fraction of sp³-hybridized carbons (Fsp3) is 0.714. The summed E-state index contributed by atoms with van der Waals surface area (Å²) in [5, 5.41) is 0. The van der Waals surface area contributed by atoms with E-state index in [-0.39, 0.29) is 19.4 Å². The first-order chi connectivity index (χ1) is 9.12. The van der Waals surface area contributed by atoms with Crippen molar-refractivity contribution in [2.24, 2.45) is 0 Å². The van der Waals surface area contributed by atoms with E-state index in [2.05, 4.69) is 11.3 Å². The number of carbonyl (C=O) groups excluding carboxylic acids is 2. The number of halogens is 1. The Kier molecular flexibility index (Phi) is 4.78. The molecule has 1 amide bonds. The molecule has 1 aliphatic heterocycles. The molecular formula is C14H22FNO4. The molecule has 5 nitrogen and oxygen atoms in total. The number of nitrogens with zero attached hydrogens (tertiary/aromatic N) is 1. The van der Waals surface area contributed by atoms with Crippen molar-refractivity contribution >= 4 is 12.1 Å². The van der Waals surface area contributed by atoms with E-state index >= 15 is 0 Å². The summed E-state index contributed by atoms with van der Waals surface area (Å²) in [6, 6.07) is -0.959. The van der Waals surface area contributed by atoms with Gasteiger partial charge in [-0.25, -0.2) is 14.0 Å². The lowest BCUT2D eigenvalue weighted by Crippen LogP contribution is -2.44. The lowest BCUT2D eigenvalue weighted by Gasteiger charge is -2.27. The predicted molar refractivity (Wildman–Crippen MR) is 72.0 cm³/mol. The van der Waals surface area contributed by atoms with Gasteiger partial charge in [-0.05, 0) is 20.8 Å². The highest BCUT2D eigenvalue weighted by Gasteiger charge is 2.50. The van der Waals surface area contributed by atoms with Gasteiger partial charge in [-0.3, -0.25) is 4.90 Å². The van der Waals surface area contributed by atoms with E-state index in [0.717, 1.165) is 4.90 Å². The molecule has 0 N–H and O–H groups in total. The van der Waals surface area contributed by atoms with Gasteiger partial charge in [0.15, 0.2) is 0 Å². The second-order valence-corrected chi connectivity index (χ2v) is 6.00. The molecule has 6 heteroatoms. The van der Waals surface area contributed by atoms with Crippen molar-refractivity contribution in [3.63, 3.8) is 0 Å². The number of methoxy groups -OCH3 is 1. The average Bonchev–Trinajstić information content (AvgIpc) is 2.65. The van der Waals surface area contributed by atoms with Crippen molar-refractivity contribution in [3.05, 3.63) is 12.7 Å². The molecule has 0 bridgehead atoms. The van der Waals surface area contributed by atoms with E-state index < -0.39 is 29.4 Å². The van der Waals surface area contributed by atoms with Gasteiger partial charge >= 0.3 is 12.1 Å². The molecule has 1 fully saturated rings. The number of alkyl halides is 1.